The van der Waals surface area contributed by atoms with Crippen LogP contribution in [0.2, 0.25) is 0 Å². The molecule has 4 heterocycles. The summed E-state index contributed by atoms with van der Waals surface area (Å²) < 4.78 is 0. The number of rotatable bonds is 12. The van der Waals surface area contributed by atoms with Crippen molar-refractivity contribution in [2.24, 2.45) is 0 Å². The Labute approximate surface area is 531 Å². The Hall–Kier alpha value is -10.4. The second kappa shape index (κ2) is 24.3. The predicted molar refractivity (Wildman–Crippen MR) is 379 cm³/mol. The van der Waals surface area contributed by atoms with Crippen LogP contribution in [0.3, 0.4) is 0 Å². The first kappa shape index (κ1) is 58.6. The van der Waals surface area contributed by atoms with Gasteiger partial charge >= 0.3 is 0 Å². The summed E-state index contributed by atoms with van der Waals surface area (Å²) in [6.45, 7) is 20.3. The summed E-state index contributed by atoms with van der Waals surface area (Å²) in [4.78, 5) is 20.1. The monoisotopic (exact) mass is 1160 g/mol. The van der Waals surface area contributed by atoms with Crippen LogP contribution in [0.1, 0.15) is 79.0 Å². The molecule has 0 aliphatic heterocycles. The minimum Gasteiger partial charge on any atom is -0.256 e. The normalized spacial score (nSPS) is 11.8. The maximum absolute atomic E-state index is 5.27. The van der Waals surface area contributed by atoms with E-state index in [-0.39, 0.29) is 16.2 Å². The molecule has 0 saturated carbocycles. The van der Waals surface area contributed by atoms with Crippen LogP contribution in [-0.4, -0.2) is 19.9 Å². The smallest absolute Gasteiger partial charge is 0.0892 e. The van der Waals surface area contributed by atoms with E-state index in [0.717, 1.165) is 134 Å². The number of benzene rings is 9. The minimum atomic E-state index is -0.0510. The number of hydrogen-bond acceptors (Lipinski definition) is 4. The molecule has 0 atom stereocenters. The molecule has 0 saturated heterocycles. The number of nitrogens with zero attached hydrogens (tertiary/aromatic N) is 4. The van der Waals surface area contributed by atoms with E-state index >= 15 is 0 Å². The van der Waals surface area contributed by atoms with Crippen molar-refractivity contribution in [3.63, 3.8) is 0 Å². The van der Waals surface area contributed by atoms with Crippen molar-refractivity contribution in [2.75, 3.05) is 0 Å². The third-order valence-electron chi connectivity index (χ3n) is 17.4. The first-order valence-corrected chi connectivity index (χ1v) is 31.3. The average molecular weight is 1160 g/mol. The Morgan fingerprint density at radius 1 is 0.189 bits per heavy atom. The Morgan fingerprint density at radius 2 is 0.478 bits per heavy atom. The molecule has 90 heavy (non-hydrogen) atoms. The van der Waals surface area contributed by atoms with Crippen LogP contribution in [0.25, 0.3) is 134 Å². The van der Waals surface area contributed by atoms with Gasteiger partial charge in [0.15, 0.2) is 0 Å². The van der Waals surface area contributed by atoms with Crippen molar-refractivity contribution in [1.29, 1.82) is 0 Å². The maximum Gasteiger partial charge on any atom is 0.0892 e. The SMILES string of the molecule is CC(C)(C)c1ccnc(-c2ccc(-c3ccccc3-c3cc(-c4ccccc4-c4ccc(-c5cc(C(C)(C)C)ccn5)cc4-c4ccccc4)cc(-c4ccccc4-c4cnc(-c5cc(C(C)(C)C)ccn5)cc4-c4ccccc4)c3)c(-c3ccccc3)c2)c1. The molecule has 9 aromatic carbocycles. The largest absolute Gasteiger partial charge is 0.256 e. The van der Waals surface area contributed by atoms with E-state index in [1.54, 1.807) is 0 Å². The molecule has 0 bridgehead atoms. The number of aromatic nitrogens is 4. The van der Waals surface area contributed by atoms with Crippen molar-refractivity contribution >= 4 is 0 Å². The molecule has 0 unspecified atom stereocenters. The van der Waals surface area contributed by atoms with E-state index < -0.39 is 0 Å². The Balaban J connectivity index is 1.04. The van der Waals surface area contributed by atoms with Crippen molar-refractivity contribution in [1.82, 2.24) is 19.9 Å². The summed E-state index contributed by atoms with van der Waals surface area (Å²) in [6.07, 6.45) is 7.87. The van der Waals surface area contributed by atoms with Gasteiger partial charge in [-0.25, -0.2) is 0 Å². The zero-order chi connectivity index (χ0) is 62.2. The van der Waals surface area contributed by atoms with Gasteiger partial charge in [-0.3, -0.25) is 19.9 Å². The lowest BCUT2D eigenvalue weighted by Gasteiger charge is -2.21. The third-order valence-corrected chi connectivity index (χ3v) is 17.4. The fourth-order valence-corrected chi connectivity index (χ4v) is 12.4. The van der Waals surface area contributed by atoms with Crippen LogP contribution in [0, 0.1) is 0 Å². The molecule has 13 aromatic rings. The van der Waals surface area contributed by atoms with E-state index in [1.807, 2.05) is 18.6 Å². The molecule has 0 spiro atoms. The van der Waals surface area contributed by atoms with Crippen LogP contribution < -0.4 is 0 Å². The standard InChI is InChI=1S/C86H74N4/c1-84(2,3)65-41-44-87-80(52-65)60-37-39-74(76(50-60)57-25-13-10-14-26-57)71-34-22-19-31-68(71)62-47-63(69-32-20-23-35-72(69)75-40-38-61(51-77(75)58-27-15-11-16-28-58)81-53-66(42-45-88-81)85(4,5)6)49-64(48-62)70-33-21-24-36-73(70)79-56-90-83(55-78(79)59-29-17-12-18-30-59)82-54-67(43-46-89-82)86(7,8)9/h10-56H,1-9H3. The van der Waals surface area contributed by atoms with E-state index in [9.17, 15) is 0 Å². The Kier molecular flexibility index (Phi) is 15.8. The Morgan fingerprint density at radius 3 is 0.844 bits per heavy atom. The van der Waals surface area contributed by atoms with Gasteiger partial charge < -0.3 is 0 Å². The van der Waals surface area contributed by atoms with Gasteiger partial charge in [-0.15, -0.1) is 0 Å². The predicted octanol–water partition coefficient (Wildman–Crippen LogP) is 23.2. The quantitative estimate of drug-likeness (QED) is 0.122. The van der Waals surface area contributed by atoms with Gasteiger partial charge in [0.05, 0.1) is 22.8 Å². The third kappa shape index (κ3) is 12.1. The molecule has 4 heteroatoms. The summed E-state index contributed by atoms with van der Waals surface area (Å²) >= 11 is 0. The van der Waals surface area contributed by atoms with E-state index in [0.29, 0.717) is 0 Å². The summed E-state index contributed by atoms with van der Waals surface area (Å²) in [6, 6.07) is 95.3. The molecular weight excluding hydrogens is 1090 g/mol. The van der Waals surface area contributed by atoms with Crippen LogP contribution in [-0.2, 0) is 16.2 Å². The molecule has 0 aliphatic carbocycles. The summed E-state index contributed by atoms with van der Waals surface area (Å²) in [5, 5.41) is 0. The first-order valence-electron chi connectivity index (χ1n) is 31.3. The van der Waals surface area contributed by atoms with Crippen molar-refractivity contribution in [3.8, 4) is 134 Å². The zero-order valence-electron chi connectivity index (χ0n) is 52.9. The second-order valence-electron chi connectivity index (χ2n) is 26.7. The summed E-state index contributed by atoms with van der Waals surface area (Å²) in [5.41, 5.74) is 29.3. The lowest BCUT2D eigenvalue weighted by Crippen LogP contribution is -2.11. The fourth-order valence-electron chi connectivity index (χ4n) is 12.4. The fraction of sp³-hybridized carbons (Fsp3) is 0.140. The van der Waals surface area contributed by atoms with Gasteiger partial charge in [0, 0.05) is 41.5 Å². The van der Waals surface area contributed by atoms with Gasteiger partial charge in [0.1, 0.15) is 0 Å². The molecule has 0 aliphatic rings. The van der Waals surface area contributed by atoms with Gasteiger partial charge in [0.2, 0.25) is 0 Å². The number of hydrogen-bond donors (Lipinski definition) is 0. The van der Waals surface area contributed by atoms with Gasteiger partial charge in [-0.05, 0) is 200 Å². The average Bonchev–Trinajstić information content (AvgIpc) is 0.833. The van der Waals surface area contributed by atoms with Gasteiger partial charge in [-0.2, -0.15) is 0 Å². The highest BCUT2D eigenvalue weighted by Gasteiger charge is 2.24. The van der Waals surface area contributed by atoms with Crippen LogP contribution in [0.4, 0.5) is 0 Å². The van der Waals surface area contributed by atoms with Gasteiger partial charge in [-0.1, -0.05) is 250 Å². The molecule has 4 nitrogen and oxygen atoms in total. The molecule has 0 N–H and O–H groups in total. The summed E-state index contributed by atoms with van der Waals surface area (Å²) in [7, 11) is 0. The van der Waals surface area contributed by atoms with Crippen molar-refractivity contribution < 1.29 is 0 Å². The molecule has 0 radical (unpaired) electrons. The lowest BCUT2D eigenvalue weighted by atomic mass is 9.83. The summed E-state index contributed by atoms with van der Waals surface area (Å²) in [5.74, 6) is 0. The van der Waals surface area contributed by atoms with Crippen LogP contribution >= 0.6 is 0 Å². The van der Waals surface area contributed by atoms with Crippen LogP contribution in [0.5, 0.6) is 0 Å². The molecule has 0 amide bonds. The first-order chi connectivity index (χ1) is 43.5. The Bertz CT molecular complexity index is 4260. The van der Waals surface area contributed by atoms with E-state index in [2.05, 4.69) is 329 Å². The topological polar surface area (TPSA) is 51.6 Å². The van der Waals surface area contributed by atoms with Gasteiger partial charge in [0.25, 0.3) is 0 Å². The number of pyridine rings is 4. The maximum atomic E-state index is 5.27. The van der Waals surface area contributed by atoms with Crippen LogP contribution in [0.15, 0.2) is 286 Å². The molecule has 438 valence electrons. The molecule has 13 rings (SSSR count). The minimum absolute atomic E-state index is 0.0264. The van der Waals surface area contributed by atoms with E-state index in [4.69, 9.17) is 19.9 Å². The molecular formula is C86H74N4. The van der Waals surface area contributed by atoms with E-state index in [1.165, 1.54) is 16.7 Å². The highest BCUT2D eigenvalue weighted by molar-refractivity contribution is 6.00. The second-order valence-corrected chi connectivity index (χ2v) is 26.7. The van der Waals surface area contributed by atoms with Crippen molar-refractivity contribution in [3.05, 3.63) is 302 Å². The zero-order valence-corrected chi connectivity index (χ0v) is 52.9. The highest BCUT2D eigenvalue weighted by atomic mass is 14.8. The highest BCUT2D eigenvalue weighted by Crippen LogP contribution is 2.48. The lowest BCUT2D eigenvalue weighted by molar-refractivity contribution is 0.589. The van der Waals surface area contributed by atoms with Crippen molar-refractivity contribution in [2.45, 2.75) is 78.6 Å². The molecule has 4 aromatic heterocycles. The molecule has 0 fully saturated rings.